The number of thioether (sulfide) groups is 1. The Labute approximate surface area is 157 Å². The predicted molar refractivity (Wildman–Crippen MR) is 103 cm³/mol. The zero-order valence-corrected chi connectivity index (χ0v) is 16.3. The number of aromatic nitrogens is 1. The molecule has 2 aromatic rings. The number of carbonyl (C=O) groups excluding carboxylic acids is 1. The molecule has 0 bridgehead atoms. The van der Waals surface area contributed by atoms with Crippen LogP contribution in [0.2, 0.25) is 0 Å². The largest absolute Gasteiger partial charge is 0.480 e. The van der Waals surface area contributed by atoms with E-state index in [0.29, 0.717) is 6.42 Å². The molecular formula is C19H26N2O4S. The maximum atomic E-state index is 12.7. The molecule has 0 saturated heterocycles. The summed E-state index contributed by atoms with van der Waals surface area (Å²) in [6.07, 6.45) is 1.31. The van der Waals surface area contributed by atoms with Gasteiger partial charge in [-0.15, -0.1) is 11.8 Å². The first-order valence-electron chi connectivity index (χ1n) is 8.65. The number of benzene rings is 1. The topological polar surface area (TPSA) is 102 Å². The van der Waals surface area contributed by atoms with Crippen molar-refractivity contribution in [2.75, 3.05) is 0 Å². The van der Waals surface area contributed by atoms with Gasteiger partial charge in [-0.3, -0.25) is 4.79 Å². The Balaban J connectivity index is 2.26. The molecule has 26 heavy (non-hydrogen) atoms. The Bertz CT molecular complexity index is 785. The highest BCUT2D eigenvalue weighted by molar-refractivity contribution is 8.00. The predicted octanol–water partition coefficient (Wildman–Crippen LogP) is 2.93. The van der Waals surface area contributed by atoms with E-state index in [1.807, 2.05) is 45.2 Å². The van der Waals surface area contributed by atoms with E-state index in [4.69, 9.17) is 0 Å². The van der Waals surface area contributed by atoms with Crippen molar-refractivity contribution in [2.24, 2.45) is 5.92 Å². The average molecular weight is 378 g/mol. The molecule has 0 aliphatic carbocycles. The minimum absolute atomic E-state index is 0.263. The lowest BCUT2D eigenvalue weighted by Crippen LogP contribution is -2.50. The third-order valence-electron chi connectivity index (χ3n) is 4.17. The molecule has 0 radical (unpaired) electrons. The van der Waals surface area contributed by atoms with Crippen LogP contribution in [0.4, 0.5) is 0 Å². The SMILES string of the molecule is Cc1cccc2[nH]cc(SC(CC(C)C)C(=O)NC(C(=O)O)C(C)O)c12. The fourth-order valence-corrected chi connectivity index (χ4v) is 4.33. The van der Waals surface area contributed by atoms with Crippen LogP contribution in [-0.2, 0) is 9.59 Å². The van der Waals surface area contributed by atoms with Gasteiger partial charge in [0.05, 0.1) is 11.4 Å². The van der Waals surface area contributed by atoms with Crippen molar-refractivity contribution >= 4 is 34.5 Å². The number of aromatic amines is 1. The Morgan fingerprint density at radius 1 is 1.27 bits per heavy atom. The van der Waals surface area contributed by atoms with Crippen molar-refractivity contribution in [1.29, 1.82) is 0 Å². The Morgan fingerprint density at radius 2 is 1.96 bits per heavy atom. The number of carboxylic acids is 1. The highest BCUT2D eigenvalue weighted by Gasteiger charge is 2.30. The number of aryl methyl sites for hydroxylation is 1. The molecule has 3 atom stereocenters. The number of fused-ring (bicyclic) bond motifs is 1. The summed E-state index contributed by atoms with van der Waals surface area (Å²) in [5.41, 5.74) is 2.12. The lowest BCUT2D eigenvalue weighted by Gasteiger charge is -2.22. The van der Waals surface area contributed by atoms with Crippen LogP contribution in [0.15, 0.2) is 29.3 Å². The molecule has 3 unspecified atom stereocenters. The Hall–Kier alpha value is -1.99. The van der Waals surface area contributed by atoms with Gasteiger partial charge in [-0.25, -0.2) is 4.79 Å². The normalized spacial score (nSPS) is 15.0. The molecule has 0 aliphatic heterocycles. The molecule has 1 heterocycles. The maximum Gasteiger partial charge on any atom is 0.328 e. The van der Waals surface area contributed by atoms with E-state index in [1.54, 1.807) is 0 Å². The lowest BCUT2D eigenvalue weighted by molar-refractivity contribution is -0.144. The van der Waals surface area contributed by atoms with Crippen molar-refractivity contribution < 1.29 is 19.8 Å². The summed E-state index contributed by atoms with van der Waals surface area (Å²) in [5.74, 6) is -1.36. The number of rotatable bonds is 8. The molecule has 1 aromatic heterocycles. The number of aliphatic hydroxyl groups is 1. The number of carboxylic acid groups (broad SMARTS) is 1. The number of H-pyrrole nitrogens is 1. The fourth-order valence-electron chi connectivity index (χ4n) is 2.85. The van der Waals surface area contributed by atoms with Crippen LogP contribution >= 0.6 is 11.8 Å². The van der Waals surface area contributed by atoms with Crippen LogP contribution in [0.3, 0.4) is 0 Å². The van der Waals surface area contributed by atoms with Crippen LogP contribution in [0, 0.1) is 12.8 Å². The van der Waals surface area contributed by atoms with E-state index in [0.717, 1.165) is 21.4 Å². The molecule has 7 heteroatoms. The van der Waals surface area contributed by atoms with E-state index < -0.39 is 23.4 Å². The number of hydrogen-bond acceptors (Lipinski definition) is 4. The monoisotopic (exact) mass is 378 g/mol. The Kier molecular flexibility index (Phi) is 6.72. The average Bonchev–Trinajstić information content (AvgIpc) is 2.95. The molecular weight excluding hydrogens is 352 g/mol. The van der Waals surface area contributed by atoms with Crippen molar-refractivity contribution in [3.05, 3.63) is 30.0 Å². The van der Waals surface area contributed by atoms with E-state index in [-0.39, 0.29) is 11.8 Å². The first kappa shape index (κ1) is 20.3. The molecule has 1 amide bonds. The van der Waals surface area contributed by atoms with Crippen molar-refractivity contribution in [3.8, 4) is 0 Å². The summed E-state index contributed by atoms with van der Waals surface area (Å²) < 4.78 is 0. The number of aliphatic hydroxyl groups excluding tert-OH is 1. The molecule has 0 spiro atoms. The second-order valence-corrected chi connectivity index (χ2v) is 8.20. The molecule has 6 nitrogen and oxygen atoms in total. The smallest absolute Gasteiger partial charge is 0.328 e. The van der Waals surface area contributed by atoms with E-state index in [2.05, 4.69) is 10.3 Å². The van der Waals surface area contributed by atoms with Gasteiger partial charge in [-0.1, -0.05) is 26.0 Å². The molecule has 1 aromatic carbocycles. The molecule has 2 rings (SSSR count). The van der Waals surface area contributed by atoms with Gasteiger partial charge in [0.15, 0.2) is 6.04 Å². The van der Waals surface area contributed by atoms with Gasteiger partial charge in [0.2, 0.25) is 5.91 Å². The van der Waals surface area contributed by atoms with E-state index in [9.17, 15) is 19.8 Å². The van der Waals surface area contributed by atoms with Crippen molar-refractivity contribution in [2.45, 2.75) is 56.4 Å². The number of aliphatic carboxylic acids is 1. The minimum Gasteiger partial charge on any atom is -0.480 e. The molecule has 142 valence electrons. The van der Waals surface area contributed by atoms with Crippen LogP contribution in [0.1, 0.15) is 32.8 Å². The van der Waals surface area contributed by atoms with Crippen LogP contribution < -0.4 is 5.32 Å². The maximum absolute atomic E-state index is 12.7. The van der Waals surface area contributed by atoms with Gasteiger partial charge < -0.3 is 20.5 Å². The van der Waals surface area contributed by atoms with Crippen LogP contribution in [-0.4, -0.2) is 44.5 Å². The third kappa shape index (κ3) is 4.80. The summed E-state index contributed by atoms with van der Waals surface area (Å²) in [6.45, 7) is 7.41. The summed E-state index contributed by atoms with van der Waals surface area (Å²) in [4.78, 5) is 28.2. The fraction of sp³-hybridized carbons (Fsp3) is 0.474. The van der Waals surface area contributed by atoms with Crippen molar-refractivity contribution in [1.82, 2.24) is 10.3 Å². The van der Waals surface area contributed by atoms with Gasteiger partial charge in [-0.2, -0.15) is 0 Å². The second-order valence-electron chi connectivity index (χ2n) is 6.95. The van der Waals surface area contributed by atoms with Gasteiger partial charge >= 0.3 is 5.97 Å². The van der Waals surface area contributed by atoms with Crippen LogP contribution in [0.5, 0.6) is 0 Å². The van der Waals surface area contributed by atoms with Crippen molar-refractivity contribution in [3.63, 3.8) is 0 Å². The highest BCUT2D eigenvalue weighted by atomic mass is 32.2. The van der Waals surface area contributed by atoms with Gasteiger partial charge in [0.1, 0.15) is 0 Å². The highest BCUT2D eigenvalue weighted by Crippen LogP contribution is 2.35. The van der Waals surface area contributed by atoms with Gasteiger partial charge in [-0.05, 0) is 37.8 Å². The van der Waals surface area contributed by atoms with Crippen LogP contribution in [0.25, 0.3) is 10.9 Å². The van der Waals surface area contributed by atoms with E-state index in [1.165, 1.54) is 18.7 Å². The number of hydrogen-bond donors (Lipinski definition) is 4. The molecule has 0 fully saturated rings. The number of nitrogens with one attached hydrogen (secondary N) is 2. The summed E-state index contributed by atoms with van der Waals surface area (Å²) in [6, 6.07) is 4.66. The first-order valence-corrected chi connectivity index (χ1v) is 9.53. The lowest BCUT2D eigenvalue weighted by atomic mass is 10.1. The molecule has 4 N–H and O–H groups in total. The quantitative estimate of drug-likeness (QED) is 0.529. The zero-order chi connectivity index (χ0) is 19.4. The molecule has 0 aliphatic rings. The second kappa shape index (κ2) is 8.60. The van der Waals surface area contributed by atoms with Gasteiger partial charge in [0, 0.05) is 22.0 Å². The zero-order valence-electron chi connectivity index (χ0n) is 15.4. The summed E-state index contributed by atoms with van der Waals surface area (Å²) in [7, 11) is 0. The Morgan fingerprint density at radius 3 is 2.54 bits per heavy atom. The summed E-state index contributed by atoms with van der Waals surface area (Å²) >= 11 is 1.42. The number of carbonyl (C=O) groups is 2. The van der Waals surface area contributed by atoms with E-state index >= 15 is 0 Å². The third-order valence-corrected chi connectivity index (χ3v) is 5.44. The standard InChI is InChI=1S/C19H26N2O4S/c1-10(2)8-14(18(23)21-17(12(4)22)19(24)25)26-15-9-20-13-7-5-6-11(3)16(13)15/h5-7,9-10,12,14,17,20,22H,8H2,1-4H3,(H,21,23)(H,24,25). The molecule has 0 saturated carbocycles. The van der Waals surface area contributed by atoms with Gasteiger partial charge in [0.25, 0.3) is 0 Å². The minimum atomic E-state index is -1.32. The number of amides is 1. The first-order chi connectivity index (χ1) is 12.2. The summed E-state index contributed by atoms with van der Waals surface area (Å²) in [5, 5.41) is 21.9.